The molecule has 1 aliphatic rings. The first kappa shape index (κ1) is 17.0. The van der Waals surface area contributed by atoms with Crippen LogP contribution in [0.4, 0.5) is 0 Å². The molecule has 0 fully saturated rings. The Bertz CT molecular complexity index is 744. The highest BCUT2D eigenvalue weighted by Gasteiger charge is 2.14. The van der Waals surface area contributed by atoms with Crippen LogP contribution < -0.4 is 14.8 Å². The number of aromatic hydroxyl groups is 1. The molecule has 3 rings (SSSR count). The molecule has 0 radical (unpaired) electrons. The van der Waals surface area contributed by atoms with E-state index < -0.39 is 0 Å². The quantitative estimate of drug-likeness (QED) is 0.646. The van der Waals surface area contributed by atoms with Crippen molar-refractivity contribution in [3.8, 4) is 17.2 Å². The van der Waals surface area contributed by atoms with Gasteiger partial charge in [0.15, 0.2) is 17.5 Å². The van der Waals surface area contributed by atoms with E-state index in [1.807, 2.05) is 37.4 Å². The summed E-state index contributed by atoms with van der Waals surface area (Å²) in [6, 6.07) is 13.2. The lowest BCUT2D eigenvalue weighted by Gasteiger charge is -2.22. The first-order chi connectivity index (χ1) is 12.2. The Morgan fingerprint density at radius 2 is 1.84 bits per heavy atom. The van der Waals surface area contributed by atoms with Crippen molar-refractivity contribution in [3.63, 3.8) is 0 Å². The van der Waals surface area contributed by atoms with E-state index in [-0.39, 0.29) is 12.5 Å². The molecule has 25 heavy (non-hydrogen) atoms. The van der Waals surface area contributed by atoms with Crippen LogP contribution >= 0.6 is 0 Å². The monoisotopic (exact) mass is 341 g/mol. The smallest absolute Gasteiger partial charge is 0.231 e. The molecule has 0 spiro atoms. The zero-order chi connectivity index (χ0) is 17.6. The van der Waals surface area contributed by atoms with Crippen LogP contribution in [0.5, 0.6) is 17.2 Å². The largest absolute Gasteiger partial charge is 0.508 e. The number of fused-ring (bicyclic) bond motifs is 1. The number of phenols is 1. The highest BCUT2D eigenvalue weighted by Crippen LogP contribution is 2.32. The lowest BCUT2D eigenvalue weighted by Crippen LogP contribution is -2.39. The molecule has 0 aliphatic carbocycles. The maximum absolute atomic E-state index is 9.32. The van der Waals surface area contributed by atoms with Crippen LogP contribution in [-0.2, 0) is 13.0 Å². The van der Waals surface area contributed by atoms with E-state index >= 15 is 0 Å². The Labute approximate surface area is 147 Å². The SMILES string of the molecule is CN=C(NCCc1ccc(O)cc1)N(C)Cc1ccc2c(c1)OCO2. The molecule has 1 heterocycles. The summed E-state index contributed by atoms with van der Waals surface area (Å²) < 4.78 is 10.8. The molecule has 2 aromatic rings. The van der Waals surface area contributed by atoms with Crippen molar-refractivity contribution in [2.24, 2.45) is 4.99 Å². The van der Waals surface area contributed by atoms with Crippen molar-refractivity contribution in [3.05, 3.63) is 53.6 Å². The number of rotatable bonds is 5. The van der Waals surface area contributed by atoms with Crippen LogP contribution in [0.25, 0.3) is 0 Å². The molecule has 0 saturated carbocycles. The molecular weight excluding hydrogens is 318 g/mol. The molecule has 0 saturated heterocycles. The van der Waals surface area contributed by atoms with Gasteiger partial charge in [-0.25, -0.2) is 0 Å². The highest BCUT2D eigenvalue weighted by molar-refractivity contribution is 5.79. The number of guanidine groups is 1. The van der Waals surface area contributed by atoms with E-state index in [1.54, 1.807) is 19.2 Å². The summed E-state index contributed by atoms with van der Waals surface area (Å²) in [5.41, 5.74) is 2.30. The van der Waals surface area contributed by atoms with Gasteiger partial charge in [0.2, 0.25) is 6.79 Å². The third-order valence-electron chi connectivity index (χ3n) is 4.06. The Balaban J connectivity index is 1.52. The zero-order valence-electron chi connectivity index (χ0n) is 14.5. The molecule has 0 bridgehead atoms. The zero-order valence-corrected chi connectivity index (χ0v) is 14.5. The minimum Gasteiger partial charge on any atom is -0.508 e. The average molecular weight is 341 g/mol. The number of benzene rings is 2. The van der Waals surface area contributed by atoms with Crippen molar-refractivity contribution in [2.75, 3.05) is 27.4 Å². The number of nitrogens with zero attached hydrogens (tertiary/aromatic N) is 2. The lowest BCUT2D eigenvalue weighted by atomic mass is 10.1. The van der Waals surface area contributed by atoms with E-state index in [1.165, 1.54) is 5.56 Å². The number of ether oxygens (including phenoxy) is 2. The van der Waals surface area contributed by atoms with Crippen LogP contribution in [0.2, 0.25) is 0 Å². The van der Waals surface area contributed by atoms with Gasteiger partial charge in [0.05, 0.1) is 0 Å². The van der Waals surface area contributed by atoms with Crippen LogP contribution in [0.15, 0.2) is 47.5 Å². The number of hydrogen-bond acceptors (Lipinski definition) is 4. The topological polar surface area (TPSA) is 66.3 Å². The van der Waals surface area contributed by atoms with E-state index in [2.05, 4.69) is 15.2 Å². The number of hydrogen-bond donors (Lipinski definition) is 2. The number of phenolic OH excluding ortho intramolecular Hbond substituents is 1. The van der Waals surface area contributed by atoms with Crippen molar-refractivity contribution in [1.82, 2.24) is 10.2 Å². The summed E-state index contributed by atoms with van der Waals surface area (Å²) in [5.74, 6) is 2.71. The van der Waals surface area contributed by atoms with E-state index in [4.69, 9.17) is 9.47 Å². The predicted octanol–water partition coefficient (Wildman–Crippen LogP) is 2.37. The fourth-order valence-electron chi connectivity index (χ4n) is 2.75. The second-order valence-corrected chi connectivity index (χ2v) is 5.93. The normalized spacial score (nSPS) is 13.0. The summed E-state index contributed by atoms with van der Waals surface area (Å²) in [4.78, 5) is 6.40. The van der Waals surface area contributed by atoms with Crippen molar-refractivity contribution in [2.45, 2.75) is 13.0 Å². The van der Waals surface area contributed by atoms with Crippen molar-refractivity contribution < 1.29 is 14.6 Å². The Hall–Kier alpha value is -2.89. The van der Waals surface area contributed by atoms with Crippen LogP contribution in [-0.4, -0.2) is 43.4 Å². The van der Waals surface area contributed by atoms with Gasteiger partial charge >= 0.3 is 0 Å². The van der Waals surface area contributed by atoms with Gasteiger partial charge < -0.3 is 24.8 Å². The molecule has 0 unspecified atom stereocenters. The maximum Gasteiger partial charge on any atom is 0.231 e. The fourth-order valence-corrected chi connectivity index (χ4v) is 2.75. The van der Waals surface area contributed by atoms with Gasteiger partial charge in [-0.2, -0.15) is 0 Å². The van der Waals surface area contributed by atoms with Crippen molar-refractivity contribution in [1.29, 1.82) is 0 Å². The van der Waals surface area contributed by atoms with Gasteiger partial charge in [-0.1, -0.05) is 18.2 Å². The van der Waals surface area contributed by atoms with Crippen LogP contribution in [0.3, 0.4) is 0 Å². The lowest BCUT2D eigenvalue weighted by molar-refractivity contribution is 0.174. The fraction of sp³-hybridized carbons (Fsp3) is 0.316. The van der Waals surface area contributed by atoms with Gasteiger partial charge in [0, 0.05) is 27.2 Å². The molecule has 2 N–H and O–H groups in total. The number of nitrogens with one attached hydrogen (secondary N) is 1. The van der Waals surface area contributed by atoms with E-state index in [0.29, 0.717) is 0 Å². The van der Waals surface area contributed by atoms with E-state index in [0.717, 1.165) is 42.5 Å². The Kier molecular flexibility index (Phi) is 5.28. The summed E-state index contributed by atoms with van der Waals surface area (Å²) in [6.45, 7) is 1.77. The number of aliphatic imine (C=N–C) groups is 1. The standard InChI is InChI=1S/C19H23N3O3/c1-20-19(21-10-9-14-3-6-16(23)7-4-14)22(2)12-15-5-8-17-18(11-15)25-13-24-17/h3-8,11,23H,9-10,12-13H2,1-2H3,(H,20,21). The molecule has 132 valence electrons. The molecule has 2 aromatic carbocycles. The van der Waals surface area contributed by atoms with E-state index in [9.17, 15) is 5.11 Å². The first-order valence-electron chi connectivity index (χ1n) is 8.24. The molecule has 0 amide bonds. The van der Waals surface area contributed by atoms with Crippen LogP contribution in [0.1, 0.15) is 11.1 Å². The van der Waals surface area contributed by atoms with Gasteiger partial charge in [-0.3, -0.25) is 4.99 Å². The molecule has 0 aromatic heterocycles. The summed E-state index contributed by atoms with van der Waals surface area (Å²) in [7, 11) is 3.78. The van der Waals surface area contributed by atoms with Crippen LogP contribution in [0, 0.1) is 0 Å². The Morgan fingerprint density at radius 1 is 1.12 bits per heavy atom. The molecule has 6 heteroatoms. The second kappa shape index (κ2) is 7.79. The summed E-state index contributed by atoms with van der Waals surface area (Å²) >= 11 is 0. The third kappa shape index (κ3) is 4.35. The van der Waals surface area contributed by atoms with Gasteiger partial charge in [0.1, 0.15) is 5.75 Å². The average Bonchev–Trinajstić information content (AvgIpc) is 3.08. The third-order valence-corrected chi connectivity index (χ3v) is 4.06. The van der Waals surface area contributed by atoms with Gasteiger partial charge in [0.25, 0.3) is 0 Å². The van der Waals surface area contributed by atoms with Gasteiger partial charge in [-0.05, 0) is 41.8 Å². The molecule has 1 aliphatic heterocycles. The second-order valence-electron chi connectivity index (χ2n) is 5.93. The molecule has 6 nitrogen and oxygen atoms in total. The first-order valence-corrected chi connectivity index (χ1v) is 8.24. The van der Waals surface area contributed by atoms with Gasteiger partial charge in [-0.15, -0.1) is 0 Å². The Morgan fingerprint density at radius 3 is 2.60 bits per heavy atom. The minimum atomic E-state index is 0.287. The maximum atomic E-state index is 9.32. The van der Waals surface area contributed by atoms with Crippen molar-refractivity contribution >= 4 is 5.96 Å². The summed E-state index contributed by atoms with van der Waals surface area (Å²) in [5, 5.41) is 12.7. The highest BCUT2D eigenvalue weighted by atomic mass is 16.7. The molecule has 0 atom stereocenters. The summed E-state index contributed by atoms with van der Waals surface area (Å²) in [6.07, 6.45) is 0.858. The predicted molar refractivity (Wildman–Crippen MR) is 97.2 cm³/mol. The minimum absolute atomic E-state index is 0.287. The molecular formula is C19H23N3O3.